The van der Waals surface area contributed by atoms with E-state index in [2.05, 4.69) is 10.6 Å². The Labute approximate surface area is 167 Å². The highest BCUT2D eigenvalue weighted by Crippen LogP contribution is 2.42. The fourth-order valence-electron chi connectivity index (χ4n) is 3.63. The van der Waals surface area contributed by atoms with E-state index in [-0.39, 0.29) is 30.4 Å². The highest BCUT2D eigenvalue weighted by Gasteiger charge is 2.44. The number of anilines is 1. The van der Waals surface area contributed by atoms with Gasteiger partial charge in [-0.05, 0) is 64.7 Å². The molecule has 1 aliphatic rings. The van der Waals surface area contributed by atoms with Gasteiger partial charge >= 0.3 is 5.97 Å². The Bertz CT molecular complexity index is 743. The Balaban J connectivity index is 1.96. The Morgan fingerprint density at radius 3 is 2.32 bits per heavy atom. The topological polar surface area (TPSA) is 84.5 Å². The molecule has 2 rings (SSSR count). The zero-order valence-corrected chi connectivity index (χ0v) is 17.6. The molecule has 0 radical (unpaired) electrons. The van der Waals surface area contributed by atoms with Crippen LogP contribution in [0.25, 0.3) is 0 Å². The summed E-state index contributed by atoms with van der Waals surface area (Å²) < 4.78 is 5.33. The highest BCUT2D eigenvalue weighted by molar-refractivity contribution is 5.94. The van der Waals surface area contributed by atoms with Crippen LogP contribution in [0.1, 0.15) is 64.0 Å². The first-order chi connectivity index (χ1) is 13.0. The molecule has 0 aliphatic heterocycles. The van der Waals surface area contributed by atoms with Gasteiger partial charge in [0.25, 0.3) is 5.91 Å². The molecule has 2 amide bonds. The van der Waals surface area contributed by atoms with Gasteiger partial charge in [0.15, 0.2) is 6.61 Å². The quantitative estimate of drug-likeness (QED) is 0.729. The molecule has 0 unspecified atom stereocenters. The molecule has 2 N–H and O–H groups in total. The van der Waals surface area contributed by atoms with Gasteiger partial charge in [-0.3, -0.25) is 14.4 Å². The zero-order chi connectivity index (χ0) is 20.9. The fourth-order valence-corrected chi connectivity index (χ4v) is 3.63. The van der Waals surface area contributed by atoms with Crippen LogP contribution in [0.5, 0.6) is 0 Å². The number of hydrogen-bond acceptors (Lipinski definition) is 4. The van der Waals surface area contributed by atoms with Crippen molar-refractivity contribution in [3.05, 3.63) is 29.3 Å². The third kappa shape index (κ3) is 5.81. The number of aryl methyl sites for hydroxylation is 1. The van der Waals surface area contributed by atoms with Gasteiger partial charge in [-0.1, -0.05) is 25.0 Å². The van der Waals surface area contributed by atoms with E-state index in [9.17, 15) is 14.4 Å². The van der Waals surface area contributed by atoms with E-state index in [0.29, 0.717) is 18.5 Å². The number of amides is 2. The van der Waals surface area contributed by atoms with Crippen molar-refractivity contribution in [1.82, 2.24) is 5.32 Å². The van der Waals surface area contributed by atoms with Gasteiger partial charge in [-0.15, -0.1) is 0 Å². The van der Waals surface area contributed by atoms with Crippen LogP contribution in [-0.4, -0.2) is 29.9 Å². The smallest absolute Gasteiger partial charge is 0.313 e. The van der Waals surface area contributed by atoms with Crippen LogP contribution in [-0.2, 0) is 19.1 Å². The second-order valence-corrected chi connectivity index (χ2v) is 8.83. The van der Waals surface area contributed by atoms with Crippen molar-refractivity contribution < 1.29 is 19.1 Å². The number of hydrogen-bond donors (Lipinski definition) is 2. The van der Waals surface area contributed by atoms with Crippen LogP contribution in [0.3, 0.4) is 0 Å². The van der Waals surface area contributed by atoms with Crippen molar-refractivity contribution in [3.63, 3.8) is 0 Å². The molecular formula is C22H32N2O4. The number of rotatable bonds is 6. The normalized spacial score (nSPS) is 15.8. The van der Waals surface area contributed by atoms with Gasteiger partial charge in [-0.25, -0.2) is 0 Å². The molecular weight excluding hydrogens is 356 g/mol. The van der Waals surface area contributed by atoms with Crippen LogP contribution < -0.4 is 10.6 Å². The minimum absolute atomic E-state index is 0.0989. The minimum Gasteiger partial charge on any atom is -0.455 e. The summed E-state index contributed by atoms with van der Waals surface area (Å²) in [5.41, 5.74) is 1.58. The summed E-state index contributed by atoms with van der Waals surface area (Å²) in [6.45, 7) is 9.26. The molecule has 0 bridgehead atoms. The summed E-state index contributed by atoms with van der Waals surface area (Å²) in [4.78, 5) is 37.4. The Morgan fingerprint density at radius 2 is 1.71 bits per heavy atom. The van der Waals surface area contributed by atoms with E-state index in [0.717, 1.165) is 24.0 Å². The van der Waals surface area contributed by atoms with E-state index < -0.39 is 11.4 Å². The Morgan fingerprint density at radius 1 is 1.07 bits per heavy atom. The van der Waals surface area contributed by atoms with E-state index in [1.54, 1.807) is 0 Å². The minimum atomic E-state index is -0.825. The number of ether oxygens (including phenoxy) is 1. The van der Waals surface area contributed by atoms with Gasteiger partial charge in [0, 0.05) is 17.6 Å². The summed E-state index contributed by atoms with van der Waals surface area (Å²) in [6.07, 6.45) is 3.09. The van der Waals surface area contributed by atoms with Gasteiger partial charge in [-0.2, -0.15) is 0 Å². The average molecular weight is 389 g/mol. The first-order valence-electron chi connectivity index (χ1n) is 9.87. The average Bonchev–Trinajstić information content (AvgIpc) is 3.04. The zero-order valence-electron chi connectivity index (χ0n) is 17.6. The predicted octanol–water partition coefficient (Wildman–Crippen LogP) is 3.65. The Hall–Kier alpha value is -2.37. The maximum absolute atomic E-state index is 12.8. The molecule has 1 fully saturated rings. The number of nitrogens with one attached hydrogen (secondary N) is 2. The van der Waals surface area contributed by atoms with Crippen molar-refractivity contribution in [2.45, 2.75) is 72.3 Å². The number of esters is 1. The molecule has 0 spiro atoms. The third-order valence-electron chi connectivity index (χ3n) is 5.22. The highest BCUT2D eigenvalue weighted by atomic mass is 16.5. The third-order valence-corrected chi connectivity index (χ3v) is 5.22. The Kier molecular flexibility index (Phi) is 6.86. The number of carbonyl (C=O) groups excluding carboxylic acids is 3. The maximum Gasteiger partial charge on any atom is 0.313 e. The summed E-state index contributed by atoms with van der Waals surface area (Å²) in [7, 11) is 0. The van der Waals surface area contributed by atoms with Gasteiger partial charge < -0.3 is 15.4 Å². The molecule has 0 saturated heterocycles. The monoisotopic (exact) mass is 388 g/mol. The fraction of sp³-hybridized carbons (Fsp3) is 0.591. The molecule has 28 heavy (non-hydrogen) atoms. The number of carbonyl (C=O) groups is 3. The molecule has 6 heteroatoms. The lowest BCUT2D eigenvalue weighted by Crippen LogP contribution is -2.44. The lowest BCUT2D eigenvalue weighted by Gasteiger charge is -2.28. The van der Waals surface area contributed by atoms with Crippen molar-refractivity contribution in [3.8, 4) is 0 Å². The summed E-state index contributed by atoms with van der Waals surface area (Å²) >= 11 is 0. The lowest BCUT2D eigenvalue weighted by atomic mass is 9.82. The van der Waals surface area contributed by atoms with Gasteiger partial charge in [0.05, 0.1) is 5.41 Å². The van der Waals surface area contributed by atoms with Crippen LogP contribution in [0.4, 0.5) is 5.69 Å². The summed E-state index contributed by atoms with van der Waals surface area (Å²) in [5, 5.41) is 5.69. The first-order valence-corrected chi connectivity index (χ1v) is 9.87. The van der Waals surface area contributed by atoms with Crippen molar-refractivity contribution in [2.24, 2.45) is 5.41 Å². The second-order valence-electron chi connectivity index (χ2n) is 8.83. The van der Waals surface area contributed by atoms with Crippen molar-refractivity contribution >= 4 is 23.5 Å². The van der Waals surface area contributed by atoms with E-state index in [4.69, 9.17) is 4.74 Å². The van der Waals surface area contributed by atoms with Gasteiger partial charge in [0.2, 0.25) is 5.91 Å². The van der Waals surface area contributed by atoms with E-state index >= 15 is 0 Å². The molecule has 1 saturated carbocycles. The molecule has 1 aromatic carbocycles. The van der Waals surface area contributed by atoms with Crippen LogP contribution in [0.15, 0.2) is 18.2 Å². The van der Waals surface area contributed by atoms with Crippen molar-refractivity contribution in [2.75, 3.05) is 11.9 Å². The predicted molar refractivity (Wildman–Crippen MR) is 109 cm³/mol. The van der Waals surface area contributed by atoms with E-state index in [1.165, 1.54) is 0 Å². The van der Waals surface area contributed by atoms with E-state index in [1.807, 2.05) is 52.8 Å². The molecule has 0 heterocycles. The molecule has 1 aromatic rings. The first kappa shape index (κ1) is 21.9. The summed E-state index contributed by atoms with van der Waals surface area (Å²) in [6, 6.07) is 5.65. The molecule has 0 aromatic heterocycles. The number of benzene rings is 1. The lowest BCUT2D eigenvalue weighted by molar-refractivity contribution is -0.160. The summed E-state index contributed by atoms with van der Waals surface area (Å²) in [5.74, 6) is -0.995. The molecule has 154 valence electrons. The molecule has 1 aliphatic carbocycles. The maximum atomic E-state index is 12.8. The molecule has 0 atom stereocenters. The second kappa shape index (κ2) is 8.76. The van der Waals surface area contributed by atoms with Crippen LogP contribution in [0.2, 0.25) is 0 Å². The standard InChI is InChI=1S/C22H32N2O4/c1-15-9-8-10-17(16(15)2)23-19(26)14-28-20(27)22(11-6-7-12-22)13-18(25)24-21(3,4)5/h8-10H,6-7,11-14H2,1-5H3,(H,23,26)(H,24,25). The van der Waals surface area contributed by atoms with Gasteiger partial charge in [0.1, 0.15) is 0 Å². The molecule has 6 nitrogen and oxygen atoms in total. The van der Waals surface area contributed by atoms with Crippen molar-refractivity contribution in [1.29, 1.82) is 0 Å². The van der Waals surface area contributed by atoms with Crippen LogP contribution >= 0.6 is 0 Å². The largest absolute Gasteiger partial charge is 0.455 e. The SMILES string of the molecule is Cc1cccc(NC(=O)COC(=O)C2(CC(=O)NC(C)(C)C)CCCC2)c1C. The van der Waals surface area contributed by atoms with Crippen LogP contribution in [0, 0.1) is 19.3 Å².